The summed E-state index contributed by atoms with van der Waals surface area (Å²) in [6.45, 7) is 0.803. The second-order valence-electron chi connectivity index (χ2n) is 3.30. The summed E-state index contributed by atoms with van der Waals surface area (Å²) in [5.41, 5.74) is 5.29. The molecule has 74 valence electrons. The minimum absolute atomic E-state index is 0.239. The maximum Gasteiger partial charge on any atom is 0.240 e. The molecule has 0 bridgehead atoms. The van der Waals surface area contributed by atoms with E-state index < -0.39 is 0 Å². The van der Waals surface area contributed by atoms with E-state index in [1.54, 1.807) is 18.5 Å². The highest BCUT2D eigenvalue weighted by Crippen LogP contribution is 2.21. The minimum Gasteiger partial charge on any atom is -0.368 e. The van der Waals surface area contributed by atoms with Gasteiger partial charge < -0.3 is 10.6 Å². The molecule has 0 unspecified atom stereocenters. The van der Waals surface area contributed by atoms with Crippen molar-refractivity contribution in [2.24, 2.45) is 5.73 Å². The van der Waals surface area contributed by atoms with Crippen LogP contribution in [0, 0.1) is 0 Å². The number of rotatable bonds is 2. The van der Waals surface area contributed by atoms with Crippen LogP contribution in [0.1, 0.15) is 12.8 Å². The predicted octanol–water partition coefficient (Wildman–Crippen LogP) is -0.0693. The van der Waals surface area contributed by atoms with Crippen molar-refractivity contribution in [3.8, 4) is 0 Å². The average molecular weight is 192 g/mol. The lowest BCUT2D eigenvalue weighted by molar-refractivity contribution is -0.119. The van der Waals surface area contributed by atoms with Crippen molar-refractivity contribution in [1.82, 2.24) is 9.97 Å². The number of nitrogens with two attached hydrogens (primary N) is 1. The summed E-state index contributed by atoms with van der Waals surface area (Å²) in [7, 11) is 0. The molecule has 1 amide bonds. The maximum absolute atomic E-state index is 11.1. The van der Waals surface area contributed by atoms with Crippen molar-refractivity contribution >= 4 is 11.9 Å². The molecule has 2 heterocycles. The molecule has 0 aliphatic carbocycles. The predicted molar refractivity (Wildman–Crippen MR) is 51.6 cm³/mol. The molecule has 5 heteroatoms. The van der Waals surface area contributed by atoms with Crippen LogP contribution in [-0.4, -0.2) is 28.5 Å². The third-order valence-electron chi connectivity index (χ3n) is 2.39. The van der Waals surface area contributed by atoms with Gasteiger partial charge in [0.25, 0.3) is 0 Å². The van der Waals surface area contributed by atoms with Gasteiger partial charge in [0.15, 0.2) is 0 Å². The molecule has 1 aliphatic rings. The lowest BCUT2D eigenvalue weighted by Crippen LogP contribution is -2.41. The molecular weight excluding hydrogens is 180 g/mol. The second kappa shape index (κ2) is 3.61. The quantitative estimate of drug-likeness (QED) is 0.712. The monoisotopic (exact) mass is 192 g/mol. The summed E-state index contributed by atoms with van der Waals surface area (Å²) < 4.78 is 0. The first kappa shape index (κ1) is 8.93. The average Bonchev–Trinajstić information content (AvgIpc) is 2.67. The second-order valence-corrected chi connectivity index (χ2v) is 3.30. The summed E-state index contributed by atoms with van der Waals surface area (Å²) in [4.78, 5) is 21.2. The SMILES string of the molecule is NC(=O)[C@@H]1CCCN1c1ncccn1. The summed E-state index contributed by atoms with van der Waals surface area (Å²) in [5.74, 6) is 0.295. The first-order chi connectivity index (χ1) is 6.79. The minimum atomic E-state index is -0.296. The van der Waals surface area contributed by atoms with E-state index in [2.05, 4.69) is 9.97 Å². The topological polar surface area (TPSA) is 72.1 Å². The number of anilines is 1. The fraction of sp³-hybridized carbons (Fsp3) is 0.444. The molecular formula is C9H12N4O. The Balaban J connectivity index is 2.22. The summed E-state index contributed by atoms with van der Waals surface area (Å²) in [6.07, 6.45) is 5.09. The molecule has 1 fully saturated rings. The maximum atomic E-state index is 11.1. The Morgan fingerprint density at radius 2 is 2.21 bits per heavy atom. The van der Waals surface area contributed by atoms with Gasteiger partial charge in [-0.25, -0.2) is 9.97 Å². The van der Waals surface area contributed by atoms with Gasteiger partial charge in [0.1, 0.15) is 6.04 Å². The summed E-state index contributed by atoms with van der Waals surface area (Å²) in [6, 6.07) is 1.51. The van der Waals surface area contributed by atoms with Crippen LogP contribution < -0.4 is 10.6 Å². The highest BCUT2D eigenvalue weighted by Gasteiger charge is 2.30. The van der Waals surface area contributed by atoms with E-state index in [0.717, 1.165) is 19.4 Å². The smallest absolute Gasteiger partial charge is 0.240 e. The Bertz CT molecular complexity index is 327. The van der Waals surface area contributed by atoms with Gasteiger partial charge in [0.05, 0.1) is 0 Å². The number of aromatic nitrogens is 2. The molecule has 0 saturated carbocycles. The number of hydrogen-bond acceptors (Lipinski definition) is 4. The number of hydrogen-bond donors (Lipinski definition) is 1. The zero-order valence-electron chi connectivity index (χ0n) is 7.76. The van der Waals surface area contributed by atoms with Crippen molar-refractivity contribution in [2.45, 2.75) is 18.9 Å². The molecule has 1 atom stereocenters. The number of carbonyl (C=O) groups excluding carboxylic acids is 1. The molecule has 0 radical (unpaired) electrons. The lowest BCUT2D eigenvalue weighted by atomic mass is 10.2. The highest BCUT2D eigenvalue weighted by atomic mass is 16.1. The van der Waals surface area contributed by atoms with Gasteiger partial charge in [0, 0.05) is 18.9 Å². The van der Waals surface area contributed by atoms with Crippen LogP contribution in [0.3, 0.4) is 0 Å². The van der Waals surface area contributed by atoms with E-state index in [4.69, 9.17) is 5.73 Å². The third-order valence-corrected chi connectivity index (χ3v) is 2.39. The van der Waals surface area contributed by atoms with E-state index in [1.165, 1.54) is 0 Å². The van der Waals surface area contributed by atoms with Gasteiger partial charge in [-0.2, -0.15) is 0 Å². The zero-order chi connectivity index (χ0) is 9.97. The number of amides is 1. The molecule has 1 aliphatic heterocycles. The summed E-state index contributed by atoms with van der Waals surface area (Å²) in [5, 5.41) is 0. The van der Waals surface area contributed by atoms with Gasteiger partial charge in [-0.3, -0.25) is 4.79 Å². The standard InChI is InChI=1S/C9H12N4O/c10-8(14)7-3-1-6-13(7)9-11-4-2-5-12-9/h2,4-5,7H,1,3,6H2,(H2,10,14)/t7-/m0/s1. The van der Waals surface area contributed by atoms with Crippen LogP contribution in [0.15, 0.2) is 18.5 Å². The molecule has 5 nitrogen and oxygen atoms in total. The van der Waals surface area contributed by atoms with Crippen LogP contribution in [0.2, 0.25) is 0 Å². The molecule has 1 saturated heterocycles. The molecule has 0 spiro atoms. The Hall–Kier alpha value is -1.65. The van der Waals surface area contributed by atoms with E-state index in [1.807, 2.05) is 4.90 Å². The van der Waals surface area contributed by atoms with E-state index in [-0.39, 0.29) is 11.9 Å². The van der Waals surface area contributed by atoms with Crippen molar-refractivity contribution < 1.29 is 4.79 Å². The molecule has 14 heavy (non-hydrogen) atoms. The fourth-order valence-electron chi connectivity index (χ4n) is 1.74. The van der Waals surface area contributed by atoms with Crippen molar-refractivity contribution in [2.75, 3.05) is 11.4 Å². The molecule has 1 aromatic rings. The molecule has 0 aromatic carbocycles. The van der Waals surface area contributed by atoms with Gasteiger partial charge in [0.2, 0.25) is 11.9 Å². The van der Waals surface area contributed by atoms with E-state index in [0.29, 0.717) is 5.95 Å². The Labute approximate surface area is 82.0 Å². The number of nitrogens with zero attached hydrogens (tertiary/aromatic N) is 3. The fourth-order valence-corrected chi connectivity index (χ4v) is 1.74. The Morgan fingerprint density at radius 3 is 2.86 bits per heavy atom. The molecule has 2 rings (SSSR count). The van der Waals surface area contributed by atoms with Crippen LogP contribution in [0.5, 0.6) is 0 Å². The lowest BCUT2D eigenvalue weighted by Gasteiger charge is -2.21. The van der Waals surface area contributed by atoms with Crippen LogP contribution in [0.4, 0.5) is 5.95 Å². The van der Waals surface area contributed by atoms with Gasteiger partial charge in [-0.05, 0) is 18.9 Å². The third kappa shape index (κ3) is 1.53. The van der Waals surface area contributed by atoms with Gasteiger partial charge in [-0.1, -0.05) is 0 Å². The number of carbonyl (C=O) groups is 1. The molecule has 2 N–H and O–H groups in total. The van der Waals surface area contributed by atoms with E-state index >= 15 is 0 Å². The first-order valence-corrected chi connectivity index (χ1v) is 4.62. The highest BCUT2D eigenvalue weighted by molar-refractivity contribution is 5.83. The Kier molecular flexibility index (Phi) is 2.30. The number of primary amides is 1. The Morgan fingerprint density at radius 1 is 1.50 bits per heavy atom. The van der Waals surface area contributed by atoms with Crippen LogP contribution in [0.25, 0.3) is 0 Å². The van der Waals surface area contributed by atoms with Crippen molar-refractivity contribution in [1.29, 1.82) is 0 Å². The molecule has 1 aromatic heterocycles. The van der Waals surface area contributed by atoms with Gasteiger partial charge >= 0.3 is 0 Å². The van der Waals surface area contributed by atoms with Crippen molar-refractivity contribution in [3.63, 3.8) is 0 Å². The van der Waals surface area contributed by atoms with Crippen LogP contribution in [-0.2, 0) is 4.79 Å². The largest absolute Gasteiger partial charge is 0.368 e. The van der Waals surface area contributed by atoms with Gasteiger partial charge in [-0.15, -0.1) is 0 Å². The van der Waals surface area contributed by atoms with Crippen molar-refractivity contribution in [3.05, 3.63) is 18.5 Å². The first-order valence-electron chi connectivity index (χ1n) is 4.62. The summed E-state index contributed by atoms with van der Waals surface area (Å²) >= 11 is 0. The van der Waals surface area contributed by atoms with E-state index in [9.17, 15) is 4.79 Å². The van der Waals surface area contributed by atoms with Crippen LogP contribution >= 0.6 is 0 Å². The normalized spacial score (nSPS) is 21.1. The zero-order valence-corrected chi connectivity index (χ0v) is 7.76.